The van der Waals surface area contributed by atoms with Crippen LogP contribution >= 0.6 is 0 Å². The van der Waals surface area contributed by atoms with Crippen LogP contribution < -0.4 is 5.32 Å². The number of non-ortho nitro benzene ring substituents is 1. The molecule has 1 fully saturated rings. The van der Waals surface area contributed by atoms with Crippen LogP contribution in [0.1, 0.15) is 17.2 Å². The van der Waals surface area contributed by atoms with Crippen molar-refractivity contribution in [1.82, 2.24) is 10.2 Å². The van der Waals surface area contributed by atoms with E-state index in [1.165, 1.54) is 18.2 Å². The van der Waals surface area contributed by atoms with Crippen molar-refractivity contribution in [2.24, 2.45) is 0 Å². The summed E-state index contributed by atoms with van der Waals surface area (Å²) in [7, 11) is 0. The van der Waals surface area contributed by atoms with Gasteiger partial charge in [-0.05, 0) is 17.2 Å². The molecule has 1 aliphatic heterocycles. The first-order chi connectivity index (χ1) is 13.6. The lowest BCUT2D eigenvalue weighted by Gasteiger charge is -2.31. The number of ether oxygens (including phenoxy) is 1. The smallest absolute Gasteiger partial charge is 0.270 e. The van der Waals surface area contributed by atoms with Crippen LogP contribution in [0.15, 0.2) is 60.7 Å². The highest BCUT2D eigenvalue weighted by Gasteiger charge is 2.19. The van der Waals surface area contributed by atoms with Crippen LogP contribution in [0, 0.1) is 10.1 Å². The van der Waals surface area contributed by atoms with Gasteiger partial charge in [-0.2, -0.15) is 0 Å². The Hall–Kier alpha value is -3.03. The Morgan fingerprint density at radius 2 is 1.93 bits per heavy atom. The Kier molecular flexibility index (Phi) is 6.89. The number of hydrogen-bond donors (Lipinski definition) is 1. The number of benzene rings is 2. The highest BCUT2D eigenvalue weighted by atomic mass is 16.6. The van der Waals surface area contributed by atoms with E-state index >= 15 is 0 Å². The minimum absolute atomic E-state index is 0.00274. The molecule has 0 saturated carbocycles. The zero-order valence-electron chi connectivity index (χ0n) is 15.5. The van der Waals surface area contributed by atoms with E-state index in [1.807, 2.05) is 30.3 Å². The SMILES string of the molecule is O=C(/C=C/c1cccc([N+](=O)[O-])c1)N[C@@H](CN1CCOCC1)c1ccccc1. The number of hydrogen-bond acceptors (Lipinski definition) is 5. The summed E-state index contributed by atoms with van der Waals surface area (Å²) >= 11 is 0. The predicted molar refractivity (Wildman–Crippen MR) is 107 cm³/mol. The molecule has 1 N–H and O–H groups in total. The van der Waals surface area contributed by atoms with Crippen molar-refractivity contribution in [3.63, 3.8) is 0 Å². The van der Waals surface area contributed by atoms with Crippen LogP contribution in [0.3, 0.4) is 0 Å². The molecule has 1 heterocycles. The van der Waals surface area contributed by atoms with Gasteiger partial charge >= 0.3 is 0 Å². The summed E-state index contributed by atoms with van der Waals surface area (Å²) in [5, 5.41) is 13.9. The lowest BCUT2D eigenvalue weighted by molar-refractivity contribution is -0.384. The van der Waals surface area contributed by atoms with E-state index in [9.17, 15) is 14.9 Å². The third-order valence-corrected chi connectivity index (χ3v) is 4.57. The van der Waals surface area contributed by atoms with Gasteiger partial charge in [0.2, 0.25) is 5.91 Å². The molecule has 0 spiro atoms. The zero-order chi connectivity index (χ0) is 19.8. The quantitative estimate of drug-likeness (QED) is 0.453. The number of nitrogens with zero attached hydrogens (tertiary/aromatic N) is 2. The number of amides is 1. The lowest BCUT2D eigenvalue weighted by Crippen LogP contribution is -2.42. The van der Waals surface area contributed by atoms with Gasteiger partial charge < -0.3 is 10.1 Å². The summed E-state index contributed by atoms with van der Waals surface area (Å²) in [6.07, 6.45) is 2.99. The van der Waals surface area contributed by atoms with Crippen molar-refractivity contribution in [1.29, 1.82) is 0 Å². The fraction of sp³-hybridized carbons (Fsp3) is 0.286. The van der Waals surface area contributed by atoms with Crippen LogP contribution in [0.2, 0.25) is 0 Å². The molecule has 28 heavy (non-hydrogen) atoms. The molecular formula is C21H23N3O4. The van der Waals surface area contributed by atoms with Crippen molar-refractivity contribution >= 4 is 17.7 Å². The van der Waals surface area contributed by atoms with E-state index < -0.39 is 4.92 Å². The molecule has 7 heteroatoms. The fourth-order valence-corrected chi connectivity index (χ4v) is 3.10. The van der Waals surface area contributed by atoms with Crippen LogP contribution in [-0.2, 0) is 9.53 Å². The molecule has 1 aliphatic rings. The van der Waals surface area contributed by atoms with Crippen molar-refractivity contribution < 1.29 is 14.5 Å². The van der Waals surface area contributed by atoms with Gasteiger partial charge in [-0.15, -0.1) is 0 Å². The first-order valence-corrected chi connectivity index (χ1v) is 9.20. The number of nitrogens with one attached hydrogen (secondary N) is 1. The molecule has 146 valence electrons. The zero-order valence-corrected chi connectivity index (χ0v) is 15.5. The standard InChI is InChI=1S/C21H23N3O4/c25-21(10-9-17-5-4-8-19(15-17)24(26)27)22-20(18-6-2-1-3-7-18)16-23-11-13-28-14-12-23/h1-10,15,20H,11-14,16H2,(H,22,25)/b10-9+/t20-/m0/s1. The molecule has 2 aromatic carbocycles. The van der Waals surface area contributed by atoms with Crippen molar-refractivity contribution in [3.05, 3.63) is 81.9 Å². The van der Waals surface area contributed by atoms with Crippen LogP contribution in [-0.4, -0.2) is 48.6 Å². The molecule has 1 atom stereocenters. The highest BCUT2D eigenvalue weighted by Crippen LogP contribution is 2.16. The summed E-state index contributed by atoms with van der Waals surface area (Å²) < 4.78 is 5.39. The van der Waals surface area contributed by atoms with Gasteiger partial charge in [-0.1, -0.05) is 42.5 Å². The molecule has 3 rings (SSSR count). The number of nitro groups is 1. The van der Waals surface area contributed by atoms with Gasteiger partial charge in [0.05, 0.1) is 24.2 Å². The third kappa shape index (κ3) is 5.73. The van der Waals surface area contributed by atoms with E-state index in [0.29, 0.717) is 25.3 Å². The summed E-state index contributed by atoms with van der Waals surface area (Å²) in [6, 6.07) is 15.9. The van der Waals surface area contributed by atoms with Gasteiger partial charge in [0.25, 0.3) is 5.69 Å². The molecule has 1 amide bonds. The fourth-order valence-electron chi connectivity index (χ4n) is 3.10. The number of morpholine rings is 1. The molecule has 1 saturated heterocycles. The van der Waals surface area contributed by atoms with Crippen LogP contribution in [0.4, 0.5) is 5.69 Å². The maximum Gasteiger partial charge on any atom is 0.270 e. The van der Waals surface area contributed by atoms with Gasteiger partial charge in [-0.3, -0.25) is 19.8 Å². The van der Waals surface area contributed by atoms with Crippen molar-refractivity contribution in [3.8, 4) is 0 Å². The lowest BCUT2D eigenvalue weighted by atomic mass is 10.1. The topological polar surface area (TPSA) is 84.7 Å². The molecule has 0 aromatic heterocycles. The normalized spacial score (nSPS) is 16.0. The highest BCUT2D eigenvalue weighted by molar-refractivity contribution is 5.92. The van der Waals surface area contributed by atoms with Crippen molar-refractivity contribution in [2.45, 2.75) is 6.04 Å². The first kappa shape index (κ1) is 19.7. The largest absolute Gasteiger partial charge is 0.379 e. The number of carbonyl (C=O) groups is 1. The third-order valence-electron chi connectivity index (χ3n) is 4.57. The first-order valence-electron chi connectivity index (χ1n) is 9.20. The monoisotopic (exact) mass is 381 g/mol. The van der Waals surface area contributed by atoms with Crippen LogP contribution in [0.25, 0.3) is 6.08 Å². The van der Waals surface area contributed by atoms with Gasteiger partial charge in [0.1, 0.15) is 0 Å². The minimum atomic E-state index is -0.453. The molecule has 0 bridgehead atoms. The maximum atomic E-state index is 12.5. The average Bonchev–Trinajstić information content (AvgIpc) is 2.73. The van der Waals surface area contributed by atoms with Gasteiger partial charge in [0, 0.05) is 37.8 Å². The molecule has 0 radical (unpaired) electrons. The molecule has 2 aromatic rings. The van der Waals surface area contributed by atoms with E-state index in [0.717, 1.165) is 18.7 Å². The Balaban J connectivity index is 1.68. The Morgan fingerprint density at radius 3 is 2.64 bits per heavy atom. The summed E-state index contributed by atoms with van der Waals surface area (Å²) in [5.41, 5.74) is 1.64. The van der Waals surface area contributed by atoms with Crippen molar-refractivity contribution in [2.75, 3.05) is 32.8 Å². The Morgan fingerprint density at radius 1 is 1.18 bits per heavy atom. The molecule has 0 unspecified atom stereocenters. The van der Waals surface area contributed by atoms with E-state index in [-0.39, 0.29) is 17.6 Å². The second kappa shape index (κ2) is 9.77. The molecule has 0 aliphatic carbocycles. The van der Waals surface area contributed by atoms with E-state index in [4.69, 9.17) is 4.74 Å². The predicted octanol–water partition coefficient (Wildman–Crippen LogP) is 2.80. The van der Waals surface area contributed by atoms with Gasteiger partial charge in [-0.25, -0.2) is 0 Å². The number of nitro benzene ring substituents is 1. The second-order valence-electron chi connectivity index (χ2n) is 6.57. The molecular weight excluding hydrogens is 358 g/mol. The summed E-state index contributed by atoms with van der Waals surface area (Å²) in [5.74, 6) is -0.242. The second-order valence-corrected chi connectivity index (χ2v) is 6.57. The maximum absolute atomic E-state index is 12.5. The minimum Gasteiger partial charge on any atom is -0.379 e. The number of carbonyl (C=O) groups excluding carboxylic acids is 1. The Labute approximate surface area is 163 Å². The van der Waals surface area contributed by atoms with Gasteiger partial charge in [0.15, 0.2) is 0 Å². The van der Waals surface area contributed by atoms with Crippen LogP contribution in [0.5, 0.6) is 0 Å². The molecule has 7 nitrogen and oxygen atoms in total. The average molecular weight is 381 g/mol. The Bertz CT molecular complexity index is 833. The summed E-state index contributed by atoms with van der Waals surface area (Å²) in [4.78, 5) is 25.2. The summed E-state index contributed by atoms with van der Waals surface area (Å²) in [6.45, 7) is 3.76. The number of rotatable bonds is 7. The van der Waals surface area contributed by atoms with E-state index in [1.54, 1.807) is 18.2 Å². The van der Waals surface area contributed by atoms with E-state index in [2.05, 4.69) is 10.2 Å².